The molecule has 0 amide bonds. The lowest BCUT2D eigenvalue weighted by Crippen LogP contribution is -2.36. The van der Waals surface area contributed by atoms with E-state index in [2.05, 4.69) is 6.92 Å². The molecule has 0 aliphatic heterocycles. The van der Waals surface area contributed by atoms with Gasteiger partial charge in [-0.05, 0) is 19.3 Å². The van der Waals surface area contributed by atoms with Crippen LogP contribution in [0.2, 0.25) is 0 Å². The molecule has 0 saturated heterocycles. The third-order valence-electron chi connectivity index (χ3n) is 4.67. The number of aliphatic hydroxyl groups is 1. The van der Waals surface area contributed by atoms with Gasteiger partial charge in [-0.15, -0.1) is 0 Å². The predicted octanol–water partition coefficient (Wildman–Crippen LogP) is 5.49. The summed E-state index contributed by atoms with van der Waals surface area (Å²) in [4.78, 5) is 11.8. The molecule has 0 radical (unpaired) electrons. The molecule has 0 aromatic rings. The smallest absolute Gasteiger partial charge is 0.308 e. The summed E-state index contributed by atoms with van der Waals surface area (Å²) in [5.41, 5.74) is 0. The lowest BCUT2D eigenvalue weighted by atomic mass is 9.94. The first-order valence-corrected chi connectivity index (χ1v) is 9.60. The Balaban J connectivity index is 1.90. The number of carbonyl (C=O) groups is 1. The molecular weight excluding hydrogens is 276 g/mol. The minimum Gasteiger partial charge on any atom is -0.433 e. The molecule has 0 aromatic heterocycles. The van der Waals surface area contributed by atoms with Gasteiger partial charge in [-0.1, -0.05) is 71.1 Å². The number of unbranched alkanes of at least 4 members (excludes halogenated alkanes) is 9. The molecule has 0 aromatic carbocycles. The lowest BCUT2D eigenvalue weighted by Gasteiger charge is -2.31. The molecule has 1 aliphatic rings. The van der Waals surface area contributed by atoms with Crippen molar-refractivity contribution in [1.29, 1.82) is 0 Å². The van der Waals surface area contributed by atoms with Gasteiger partial charge in [-0.25, -0.2) is 0 Å². The van der Waals surface area contributed by atoms with E-state index in [1.54, 1.807) is 0 Å². The minimum atomic E-state index is -1.16. The Morgan fingerprint density at radius 3 is 1.91 bits per heavy atom. The molecule has 0 heterocycles. The highest BCUT2D eigenvalue weighted by atomic mass is 16.7. The van der Waals surface area contributed by atoms with E-state index < -0.39 is 5.79 Å². The summed E-state index contributed by atoms with van der Waals surface area (Å²) < 4.78 is 5.28. The van der Waals surface area contributed by atoms with Crippen molar-refractivity contribution in [3.05, 3.63) is 0 Å². The number of esters is 1. The fourth-order valence-corrected chi connectivity index (χ4v) is 3.23. The van der Waals surface area contributed by atoms with Gasteiger partial charge in [-0.2, -0.15) is 0 Å². The maximum Gasteiger partial charge on any atom is 0.308 e. The first-order chi connectivity index (χ1) is 10.7. The summed E-state index contributed by atoms with van der Waals surface area (Å²) in [6, 6.07) is 0. The molecule has 1 rings (SSSR count). The number of ether oxygens (including phenoxy) is 1. The van der Waals surface area contributed by atoms with Crippen molar-refractivity contribution in [1.82, 2.24) is 0 Å². The molecule has 130 valence electrons. The van der Waals surface area contributed by atoms with Crippen molar-refractivity contribution in [3.63, 3.8) is 0 Å². The van der Waals surface area contributed by atoms with Crippen molar-refractivity contribution in [2.45, 2.75) is 115 Å². The number of hydrogen-bond acceptors (Lipinski definition) is 3. The van der Waals surface area contributed by atoms with Gasteiger partial charge in [0.05, 0.1) is 0 Å². The van der Waals surface area contributed by atoms with E-state index >= 15 is 0 Å². The van der Waals surface area contributed by atoms with Crippen LogP contribution in [0.15, 0.2) is 0 Å². The molecule has 0 spiro atoms. The standard InChI is InChI=1S/C19H36O3/c1-2-3-4-5-6-7-8-9-10-12-15-18(20)22-19(21)16-13-11-14-17-19/h21H,2-17H2,1H3. The Hall–Kier alpha value is -0.570. The zero-order valence-corrected chi connectivity index (χ0v) is 14.6. The van der Waals surface area contributed by atoms with Crippen LogP contribution in [0.1, 0.15) is 110 Å². The van der Waals surface area contributed by atoms with Crippen LogP contribution in [-0.4, -0.2) is 16.9 Å². The summed E-state index contributed by atoms with van der Waals surface area (Å²) in [5.74, 6) is -1.38. The Morgan fingerprint density at radius 2 is 1.36 bits per heavy atom. The fourth-order valence-electron chi connectivity index (χ4n) is 3.23. The van der Waals surface area contributed by atoms with Gasteiger partial charge in [-0.3, -0.25) is 4.79 Å². The molecule has 1 aliphatic carbocycles. The normalized spacial score (nSPS) is 17.4. The number of rotatable bonds is 12. The quantitative estimate of drug-likeness (QED) is 0.294. The molecule has 22 heavy (non-hydrogen) atoms. The second-order valence-corrected chi connectivity index (χ2v) is 6.91. The van der Waals surface area contributed by atoms with Crippen LogP contribution in [0.25, 0.3) is 0 Å². The van der Waals surface area contributed by atoms with Gasteiger partial charge >= 0.3 is 5.97 Å². The van der Waals surface area contributed by atoms with Gasteiger partial charge in [0.1, 0.15) is 0 Å². The molecule has 1 N–H and O–H groups in total. The molecule has 1 saturated carbocycles. The van der Waals surface area contributed by atoms with E-state index in [1.807, 2.05) is 0 Å². The van der Waals surface area contributed by atoms with E-state index in [1.165, 1.54) is 51.4 Å². The van der Waals surface area contributed by atoms with Crippen molar-refractivity contribution in [3.8, 4) is 0 Å². The van der Waals surface area contributed by atoms with E-state index in [0.717, 1.165) is 32.1 Å². The summed E-state index contributed by atoms with van der Waals surface area (Å²) >= 11 is 0. The van der Waals surface area contributed by atoms with Gasteiger partial charge < -0.3 is 9.84 Å². The highest BCUT2D eigenvalue weighted by molar-refractivity contribution is 5.69. The Kier molecular flexibility index (Phi) is 10.6. The SMILES string of the molecule is CCCCCCCCCCCCC(=O)OC1(O)CCCCC1. The Bertz CT molecular complexity index is 282. The molecule has 1 fully saturated rings. The van der Waals surface area contributed by atoms with Crippen LogP contribution in [0.4, 0.5) is 0 Å². The van der Waals surface area contributed by atoms with E-state index in [0.29, 0.717) is 19.3 Å². The van der Waals surface area contributed by atoms with Crippen LogP contribution >= 0.6 is 0 Å². The number of carbonyl (C=O) groups excluding carboxylic acids is 1. The zero-order valence-electron chi connectivity index (χ0n) is 14.6. The third kappa shape index (κ3) is 9.45. The summed E-state index contributed by atoms with van der Waals surface area (Å²) in [6.07, 6.45) is 17.3. The van der Waals surface area contributed by atoms with Crippen LogP contribution in [0.5, 0.6) is 0 Å². The molecule has 0 unspecified atom stereocenters. The molecule has 3 heteroatoms. The third-order valence-corrected chi connectivity index (χ3v) is 4.67. The summed E-state index contributed by atoms with van der Waals surface area (Å²) in [7, 11) is 0. The van der Waals surface area contributed by atoms with Crippen LogP contribution in [-0.2, 0) is 9.53 Å². The maximum absolute atomic E-state index is 11.8. The van der Waals surface area contributed by atoms with Gasteiger partial charge in [0, 0.05) is 19.3 Å². The van der Waals surface area contributed by atoms with Gasteiger partial charge in [0.25, 0.3) is 0 Å². The molecule has 0 atom stereocenters. The summed E-state index contributed by atoms with van der Waals surface area (Å²) in [5, 5.41) is 10.2. The van der Waals surface area contributed by atoms with Crippen molar-refractivity contribution in [2.75, 3.05) is 0 Å². The molecular formula is C19H36O3. The largest absolute Gasteiger partial charge is 0.433 e. The fraction of sp³-hybridized carbons (Fsp3) is 0.947. The average molecular weight is 312 g/mol. The Morgan fingerprint density at radius 1 is 0.864 bits per heavy atom. The highest BCUT2D eigenvalue weighted by Gasteiger charge is 2.32. The maximum atomic E-state index is 11.8. The lowest BCUT2D eigenvalue weighted by molar-refractivity contribution is -0.220. The predicted molar refractivity (Wildman–Crippen MR) is 90.6 cm³/mol. The van der Waals surface area contributed by atoms with Crippen LogP contribution in [0.3, 0.4) is 0 Å². The Labute approximate surface area is 136 Å². The van der Waals surface area contributed by atoms with Crippen molar-refractivity contribution in [2.24, 2.45) is 0 Å². The first kappa shape index (κ1) is 19.5. The van der Waals surface area contributed by atoms with Gasteiger partial charge in [0.2, 0.25) is 5.79 Å². The second-order valence-electron chi connectivity index (χ2n) is 6.91. The van der Waals surface area contributed by atoms with E-state index in [4.69, 9.17) is 4.74 Å². The van der Waals surface area contributed by atoms with Crippen molar-refractivity contribution < 1.29 is 14.6 Å². The highest BCUT2D eigenvalue weighted by Crippen LogP contribution is 2.29. The molecule has 3 nitrogen and oxygen atoms in total. The van der Waals surface area contributed by atoms with Crippen LogP contribution < -0.4 is 0 Å². The van der Waals surface area contributed by atoms with E-state index in [9.17, 15) is 9.90 Å². The number of hydrogen-bond donors (Lipinski definition) is 1. The zero-order chi connectivity index (χ0) is 16.1. The topological polar surface area (TPSA) is 46.5 Å². The van der Waals surface area contributed by atoms with Crippen LogP contribution in [0, 0.1) is 0 Å². The van der Waals surface area contributed by atoms with Gasteiger partial charge in [0.15, 0.2) is 0 Å². The summed E-state index contributed by atoms with van der Waals surface area (Å²) in [6.45, 7) is 2.25. The monoisotopic (exact) mass is 312 g/mol. The van der Waals surface area contributed by atoms with Crippen molar-refractivity contribution >= 4 is 5.97 Å². The first-order valence-electron chi connectivity index (χ1n) is 9.60. The minimum absolute atomic E-state index is 0.219. The second kappa shape index (κ2) is 11.9. The molecule has 0 bridgehead atoms. The van der Waals surface area contributed by atoms with E-state index in [-0.39, 0.29) is 5.97 Å². The average Bonchev–Trinajstić information content (AvgIpc) is 2.49.